The summed E-state index contributed by atoms with van der Waals surface area (Å²) in [5.41, 5.74) is 0. The first-order valence-electron chi connectivity index (χ1n) is 5.95. The van der Waals surface area contributed by atoms with E-state index in [0.29, 0.717) is 6.42 Å². The molecule has 15 heavy (non-hydrogen) atoms. The number of methoxy groups -OCH3 is 1. The third-order valence-electron chi connectivity index (χ3n) is 2.35. The van der Waals surface area contributed by atoms with Gasteiger partial charge in [0.05, 0.1) is 7.11 Å². The van der Waals surface area contributed by atoms with Gasteiger partial charge in [-0.15, -0.1) is 0 Å². The zero-order valence-electron chi connectivity index (χ0n) is 10.1. The van der Waals surface area contributed by atoms with Crippen LogP contribution in [0.1, 0.15) is 51.9 Å². The molecule has 0 atom stereocenters. The van der Waals surface area contributed by atoms with Gasteiger partial charge in [-0.1, -0.05) is 32.6 Å². The molecule has 2 nitrogen and oxygen atoms in total. The van der Waals surface area contributed by atoms with E-state index in [1.165, 1.54) is 44.3 Å². The van der Waals surface area contributed by atoms with Crippen LogP contribution in [0.5, 0.6) is 0 Å². The first-order chi connectivity index (χ1) is 7.31. The van der Waals surface area contributed by atoms with Crippen LogP contribution in [0.4, 0.5) is 0 Å². The van der Waals surface area contributed by atoms with Crippen LogP contribution in [0.2, 0.25) is 0 Å². The minimum atomic E-state index is -0.0747. The van der Waals surface area contributed by atoms with E-state index in [1.807, 2.05) is 11.8 Å². The topological polar surface area (TPSA) is 26.3 Å². The second kappa shape index (κ2) is 11.9. The highest BCUT2D eigenvalue weighted by atomic mass is 32.2. The summed E-state index contributed by atoms with van der Waals surface area (Å²) in [6.07, 6.45) is 7.98. The van der Waals surface area contributed by atoms with Gasteiger partial charge in [0.15, 0.2) is 0 Å². The van der Waals surface area contributed by atoms with Gasteiger partial charge in [0, 0.05) is 6.42 Å². The second-order valence-corrected chi connectivity index (χ2v) is 5.04. The SMILES string of the molecule is CCSCCCCCCCCC(=O)OC. The number of esters is 1. The molecule has 0 aliphatic heterocycles. The molecule has 0 bridgehead atoms. The average molecular weight is 232 g/mol. The quantitative estimate of drug-likeness (QED) is 0.425. The van der Waals surface area contributed by atoms with E-state index < -0.39 is 0 Å². The summed E-state index contributed by atoms with van der Waals surface area (Å²) in [6.45, 7) is 2.21. The summed E-state index contributed by atoms with van der Waals surface area (Å²) in [4.78, 5) is 10.8. The first kappa shape index (κ1) is 14.8. The molecule has 0 rings (SSSR count). The number of rotatable bonds is 10. The zero-order valence-corrected chi connectivity index (χ0v) is 10.9. The monoisotopic (exact) mass is 232 g/mol. The highest BCUT2D eigenvalue weighted by molar-refractivity contribution is 7.99. The zero-order chi connectivity index (χ0) is 11.4. The largest absolute Gasteiger partial charge is 0.469 e. The van der Waals surface area contributed by atoms with Crippen molar-refractivity contribution in [3.05, 3.63) is 0 Å². The predicted octanol–water partition coefficient (Wildman–Crippen LogP) is 3.64. The molecule has 0 aromatic rings. The van der Waals surface area contributed by atoms with Gasteiger partial charge in [-0.2, -0.15) is 11.8 Å². The molecule has 0 aromatic carbocycles. The van der Waals surface area contributed by atoms with Crippen molar-refractivity contribution in [1.82, 2.24) is 0 Å². The normalized spacial score (nSPS) is 10.3. The average Bonchev–Trinajstić information content (AvgIpc) is 2.26. The lowest BCUT2D eigenvalue weighted by Crippen LogP contribution is -1.99. The standard InChI is InChI=1S/C12H24O2S/c1-3-15-11-9-7-5-4-6-8-10-12(13)14-2/h3-11H2,1-2H3. The Balaban J connectivity index is 2.95. The van der Waals surface area contributed by atoms with Gasteiger partial charge >= 0.3 is 5.97 Å². The Morgan fingerprint density at radius 2 is 1.67 bits per heavy atom. The maximum absolute atomic E-state index is 10.8. The number of carbonyl (C=O) groups excluding carboxylic acids is 1. The highest BCUT2D eigenvalue weighted by Gasteiger charge is 1.98. The molecule has 0 aliphatic rings. The van der Waals surface area contributed by atoms with Crippen LogP contribution in [0.15, 0.2) is 0 Å². The molecule has 0 radical (unpaired) electrons. The fraction of sp³-hybridized carbons (Fsp3) is 0.917. The minimum absolute atomic E-state index is 0.0747. The first-order valence-corrected chi connectivity index (χ1v) is 7.11. The van der Waals surface area contributed by atoms with Gasteiger partial charge in [-0.3, -0.25) is 4.79 Å². The van der Waals surface area contributed by atoms with Crippen molar-refractivity contribution in [3.63, 3.8) is 0 Å². The number of hydrogen-bond acceptors (Lipinski definition) is 3. The van der Waals surface area contributed by atoms with E-state index >= 15 is 0 Å². The van der Waals surface area contributed by atoms with Crippen LogP contribution >= 0.6 is 11.8 Å². The molecule has 0 N–H and O–H groups in total. The van der Waals surface area contributed by atoms with Gasteiger partial charge < -0.3 is 4.74 Å². The Labute approximate surface area is 98.2 Å². The Hall–Kier alpha value is -0.180. The van der Waals surface area contributed by atoms with E-state index in [4.69, 9.17) is 0 Å². The van der Waals surface area contributed by atoms with Crippen LogP contribution in [0.3, 0.4) is 0 Å². The Morgan fingerprint density at radius 1 is 1.07 bits per heavy atom. The maximum Gasteiger partial charge on any atom is 0.305 e. The molecular weight excluding hydrogens is 208 g/mol. The number of ether oxygens (including phenoxy) is 1. The maximum atomic E-state index is 10.8. The third kappa shape index (κ3) is 11.7. The molecule has 3 heteroatoms. The van der Waals surface area contributed by atoms with Gasteiger partial charge in [-0.25, -0.2) is 0 Å². The molecule has 90 valence electrons. The molecule has 0 saturated heterocycles. The summed E-state index contributed by atoms with van der Waals surface area (Å²) >= 11 is 2.02. The van der Waals surface area contributed by atoms with Crippen molar-refractivity contribution in [1.29, 1.82) is 0 Å². The molecule has 0 amide bonds. The number of hydrogen-bond donors (Lipinski definition) is 0. The van der Waals surface area contributed by atoms with E-state index in [1.54, 1.807) is 0 Å². The van der Waals surface area contributed by atoms with Crippen molar-refractivity contribution in [2.24, 2.45) is 0 Å². The van der Waals surface area contributed by atoms with Crippen LogP contribution in [-0.4, -0.2) is 24.6 Å². The summed E-state index contributed by atoms with van der Waals surface area (Å²) in [5, 5.41) is 0. The van der Waals surface area contributed by atoms with Gasteiger partial charge in [0.25, 0.3) is 0 Å². The second-order valence-electron chi connectivity index (χ2n) is 3.64. The lowest BCUT2D eigenvalue weighted by molar-refractivity contribution is -0.140. The predicted molar refractivity (Wildman–Crippen MR) is 67.3 cm³/mol. The minimum Gasteiger partial charge on any atom is -0.469 e. The Kier molecular flexibility index (Phi) is 11.7. The molecule has 0 fully saturated rings. The Morgan fingerprint density at radius 3 is 2.27 bits per heavy atom. The molecule has 0 saturated carbocycles. The van der Waals surface area contributed by atoms with Crippen molar-refractivity contribution in [3.8, 4) is 0 Å². The van der Waals surface area contributed by atoms with Gasteiger partial charge in [-0.05, 0) is 24.3 Å². The summed E-state index contributed by atoms with van der Waals surface area (Å²) in [7, 11) is 1.45. The molecule has 0 heterocycles. The van der Waals surface area contributed by atoms with Crippen molar-refractivity contribution >= 4 is 17.7 Å². The molecule has 0 unspecified atom stereocenters. The Bertz CT molecular complexity index is 149. The molecule has 0 aromatic heterocycles. The van der Waals surface area contributed by atoms with Crippen LogP contribution in [0.25, 0.3) is 0 Å². The number of unbranched alkanes of at least 4 members (excludes halogenated alkanes) is 5. The van der Waals surface area contributed by atoms with Gasteiger partial charge in [0.1, 0.15) is 0 Å². The summed E-state index contributed by atoms with van der Waals surface area (Å²) in [6, 6.07) is 0. The van der Waals surface area contributed by atoms with Gasteiger partial charge in [0.2, 0.25) is 0 Å². The number of thioether (sulfide) groups is 1. The van der Waals surface area contributed by atoms with Crippen LogP contribution < -0.4 is 0 Å². The third-order valence-corrected chi connectivity index (χ3v) is 3.34. The van der Waals surface area contributed by atoms with Crippen LogP contribution in [0, 0.1) is 0 Å². The molecule has 0 aliphatic carbocycles. The fourth-order valence-electron chi connectivity index (χ4n) is 1.43. The number of carbonyl (C=O) groups is 1. The van der Waals surface area contributed by atoms with Crippen LogP contribution in [-0.2, 0) is 9.53 Å². The molecule has 0 spiro atoms. The van der Waals surface area contributed by atoms with E-state index in [9.17, 15) is 4.79 Å². The van der Waals surface area contributed by atoms with Crippen molar-refractivity contribution in [2.45, 2.75) is 51.9 Å². The van der Waals surface area contributed by atoms with E-state index in [-0.39, 0.29) is 5.97 Å². The summed E-state index contributed by atoms with van der Waals surface area (Å²) < 4.78 is 4.58. The fourth-order valence-corrected chi connectivity index (χ4v) is 2.12. The smallest absolute Gasteiger partial charge is 0.305 e. The van der Waals surface area contributed by atoms with Crippen molar-refractivity contribution in [2.75, 3.05) is 18.6 Å². The lowest BCUT2D eigenvalue weighted by Gasteiger charge is -2.01. The van der Waals surface area contributed by atoms with E-state index in [2.05, 4.69) is 11.7 Å². The highest BCUT2D eigenvalue weighted by Crippen LogP contribution is 2.10. The lowest BCUT2D eigenvalue weighted by atomic mass is 10.1. The van der Waals surface area contributed by atoms with Crippen molar-refractivity contribution < 1.29 is 9.53 Å². The summed E-state index contributed by atoms with van der Waals surface area (Å²) in [5.74, 6) is 2.46. The van der Waals surface area contributed by atoms with E-state index in [0.717, 1.165) is 12.8 Å². The molecular formula is C12H24O2S.